The molecule has 0 spiro atoms. The van der Waals surface area contributed by atoms with E-state index < -0.39 is 23.9 Å². The highest BCUT2D eigenvalue weighted by atomic mass is 32.1. The van der Waals surface area contributed by atoms with Crippen molar-refractivity contribution in [2.24, 2.45) is 10.8 Å². The van der Waals surface area contributed by atoms with Crippen molar-refractivity contribution in [2.45, 2.75) is 113 Å². The zero-order valence-corrected chi connectivity index (χ0v) is 26.1. The molecule has 38 heavy (non-hydrogen) atoms. The van der Waals surface area contributed by atoms with Gasteiger partial charge in [0, 0.05) is 22.5 Å². The van der Waals surface area contributed by atoms with Gasteiger partial charge in [-0.2, -0.15) is 25.8 Å². The molecule has 1 aliphatic rings. The van der Waals surface area contributed by atoms with Gasteiger partial charge in [-0.1, -0.05) is 80.9 Å². The quantitative estimate of drug-likeness (QED) is 0.330. The second-order valence-corrected chi connectivity index (χ2v) is 11.3. The summed E-state index contributed by atoms with van der Waals surface area (Å²) in [4.78, 5) is 4.74. The number of pyridine rings is 1. The van der Waals surface area contributed by atoms with Gasteiger partial charge < -0.3 is 10.2 Å². The summed E-state index contributed by atoms with van der Waals surface area (Å²) in [6, 6.07) is 4.54. The van der Waals surface area contributed by atoms with Crippen LogP contribution in [0.3, 0.4) is 0 Å². The van der Waals surface area contributed by atoms with Gasteiger partial charge in [0.15, 0.2) is 0 Å². The summed E-state index contributed by atoms with van der Waals surface area (Å²) in [6.07, 6.45) is -1.30. The molecule has 1 unspecified atom stereocenters. The standard InChI is InChI=1S/C22H26F3NO2.C6H14.C2H6.CH4S/c1-5-15-19(20(28)13-6-8-14(9-7-13)22(23,24)25)12(2)18-16(26-15)10-21(3,4)11-17(18)27;1-5-6(2,3)4;2*1-2/h6-9,17,20,27-28H,5,10-11H2,1-4H3;5H2,1-4H3;1-2H3;2H,1H3/t17?,20-;;;/m0.../s1. The highest BCUT2D eigenvalue weighted by Gasteiger charge is 2.36. The number of benzene rings is 1. The Bertz CT molecular complexity index is 981. The van der Waals surface area contributed by atoms with Crippen LogP contribution >= 0.6 is 12.6 Å². The van der Waals surface area contributed by atoms with Gasteiger partial charge >= 0.3 is 6.18 Å². The minimum absolute atomic E-state index is 0.0651. The molecule has 0 saturated carbocycles. The van der Waals surface area contributed by atoms with E-state index in [1.54, 1.807) is 6.26 Å². The normalized spacial score (nSPS) is 16.9. The first-order valence-electron chi connectivity index (χ1n) is 13.5. The fraction of sp³-hybridized carbons (Fsp3) is 0.645. The molecular weight excluding hydrogens is 507 g/mol. The first kappa shape index (κ1) is 36.4. The molecule has 2 N–H and O–H groups in total. The number of alkyl halides is 3. The highest BCUT2D eigenvalue weighted by Crippen LogP contribution is 2.44. The number of aromatic nitrogens is 1. The number of hydrogen-bond donors (Lipinski definition) is 3. The van der Waals surface area contributed by atoms with E-state index >= 15 is 0 Å². The fourth-order valence-corrected chi connectivity index (χ4v) is 4.24. The molecule has 0 amide bonds. The Morgan fingerprint density at radius 2 is 1.53 bits per heavy atom. The number of rotatable bonds is 3. The Hall–Kier alpha value is -1.57. The van der Waals surface area contributed by atoms with E-state index in [9.17, 15) is 23.4 Å². The summed E-state index contributed by atoms with van der Waals surface area (Å²) >= 11 is 3.53. The van der Waals surface area contributed by atoms with Crippen LogP contribution in [-0.4, -0.2) is 21.5 Å². The summed E-state index contributed by atoms with van der Waals surface area (Å²) in [5.41, 5.74) is 3.77. The van der Waals surface area contributed by atoms with E-state index in [4.69, 9.17) is 4.98 Å². The third-order valence-corrected chi connectivity index (χ3v) is 6.65. The van der Waals surface area contributed by atoms with Crippen LogP contribution in [0.2, 0.25) is 0 Å². The third-order valence-electron chi connectivity index (χ3n) is 6.65. The maximum absolute atomic E-state index is 12.8. The van der Waals surface area contributed by atoms with Crippen LogP contribution in [0.1, 0.15) is 127 Å². The van der Waals surface area contributed by atoms with E-state index in [2.05, 4.69) is 54.2 Å². The van der Waals surface area contributed by atoms with E-state index in [1.165, 1.54) is 18.6 Å². The topological polar surface area (TPSA) is 53.4 Å². The summed E-state index contributed by atoms with van der Waals surface area (Å²) < 4.78 is 38.5. The average molecular weight is 558 g/mol. The van der Waals surface area contributed by atoms with Crippen molar-refractivity contribution in [1.29, 1.82) is 0 Å². The van der Waals surface area contributed by atoms with Crippen molar-refractivity contribution >= 4 is 12.6 Å². The Morgan fingerprint density at radius 1 is 1.05 bits per heavy atom. The maximum Gasteiger partial charge on any atom is 0.416 e. The van der Waals surface area contributed by atoms with Crippen molar-refractivity contribution in [3.63, 3.8) is 0 Å². The molecule has 0 radical (unpaired) electrons. The summed E-state index contributed by atoms with van der Waals surface area (Å²) in [7, 11) is 0. The minimum atomic E-state index is -4.42. The van der Waals surface area contributed by atoms with Crippen molar-refractivity contribution < 1.29 is 23.4 Å². The van der Waals surface area contributed by atoms with Gasteiger partial charge in [0.25, 0.3) is 0 Å². The lowest BCUT2D eigenvalue weighted by atomic mass is 9.73. The van der Waals surface area contributed by atoms with E-state index in [0.717, 1.165) is 35.4 Å². The average Bonchev–Trinajstić information content (AvgIpc) is 2.84. The first-order valence-corrected chi connectivity index (χ1v) is 14.4. The molecule has 0 aliphatic heterocycles. The Kier molecular flexibility index (Phi) is 14.6. The molecule has 1 heterocycles. The summed E-state index contributed by atoms with van der Waals surface area (Å²) in [5.74, 6) is 0. The van der Waals surface area contributed by atoms with Crippen molar-refractivity contribution in [3.05, 3.63) is 63.5 Å². The molecule has 3 nitrogen and oxygen atoms in total. The number of aliphatic hydroxyl groups is 2. The first-order chi connectivity index (χ1) is 17.5. The monoisotopic (exact) mass is 557 g/mol. The lowest BCUT2D eigenvalue weighted by Crippen LogP contribution is -2.29. The molecule has 2 aromatic rings. The number of aliphatic hydroxyl groups excluding tert-OH is 2. The van der Waals surface area contributed by atoms with E-state index in [0.29, 0.717) is 35.1 Å². The Morgan fingerprint density at radius 3 is 1.92 bits per heavy atom. The zero-order valence-electron chi connectivity index (χ0n) is 25.2. The van der Waals surface area contributed by atoms with Crippen LogP contribution < -0.4 is 0 Å². The molecule has 0 fully saturated rings. The number of thiol groups is 1. The molecule has 2 atom stereocenters. The van der Waals surface area contributed by atoms with Gasteiger partial charge in [-0.3, -0.25) is 4.98 Å². The van der Waals surface area contributed by atoms with Gasteiger partial charge in [0.05, 0.1) is 11.7 Å². The third kappa shape index (κ3) is 10.2. The second kappa shape index (κ2) is 15.3. The maximum atomic E-state index is 12.8. The van der Waals surface area contributed by atoms with Crippen molar-refractivity contribution in [2.75, 3.05) is 6.26 Å². The van der Waals surface area contributed by atoms with Crippen LogP contribution in [0.4, 0.5) is 13.2 Å². The molecule has 1 aromatic carbocycles. The second-order valence-electron chi connectivity index (χ2n) is 11.3. The number of halogens is 3. The summed E-state index contributed by atoms with van der Waals surface area (Å²) in [5, 5.41) is 21.7. The number of aryl methyl sites for hydroxylation is 1. The van der Waals surface area contributed by atoms with Gasteiger partial charge in [-0.05, 0) is 66.5 Å². The number of hydrogen-bond acceptors (Lipinski definition) is 4. The molecule has 7 heteroatoms. The van der Waals surface area contributed by atoms with E-state index in [-0.39, 0.29) is 5.41 Å². The molecule has 0 bridgehead atoms. The van der Waals surface area contributed by atoms with Crippen LogP contribution in [0.15, 0.2) is 24.3 Å². The van der Waals surface area contributed by atoms with Crippen molar-refractivity contribution in [1.82, 2.24) is 4.98 Å². The lowest BCUT2D eigenvalue weighted by Gasteiger charge is -2.36. The van der Waals surface area contributed by atoms with Crippen LogP contribution in [0.25, 0.3) is 0 Å². The molecule has 218 valence electrons. The van der Waals surface area contributed by atoms with Crippen molar-refractivity contribution in [3.8, 4) is 0 Å². The zero-order chi connectivity index (χ0) is 30.1. The number of nitrogens with zero attached hydrogens (tertiary/aromatic N) is 1. The van der Waals surface area contributed by atoms with Gasteiger partial charge in [0.1, 0.15) is 6.10 Å². The van der Waals surface area contributed by atoms with Gasteiger partial charge in [0.2, 0.25) is 0 Å². The van der Waals surface area contributed by atoms with Gasteiger partial charge in [-0.25, -0.2) is 0 Å². The predicted molar refractivity (Wildman–Crippen MR) is 157 cm³/mol. The predicted octanol–water partition coefficient (Wildman–Crippen LogP) is 9.07. The molecular formula is C31H50F3NO2S. The fourth-order valence-electron chi connectivity index (χ4n) is 4.24. The SMILES string of the molecule is CC.CCC(C)(C)C.CCc1nc2c(c(C)c1[C@@H](O)c1ccc(C(F)(F)F)cc1)C(O)CC(C)(C)C2.CS. The Labute approximate surface area is 234 Å². The van der Waals surface area contributed by atoms with Crippen LogP contribution in [-0.2, 0) is 19.0 Å². The number of fused-ring (bicyclic) bond motifs is 1. The summed E-state index contributed by atoms with van der Waals surface area (Å²) in [6.45, 7) is 20.9. The minimum Gasteiger partial charge on any atom is -0.388 e. The smallest absolute Gasteiger partial charge is 0.388 e. The lowest BCUT2D eigenvalue weighted by molar-refractivity contribution is -0.137. The highest BCUT2D eigenvalue weighted by molar-refractivity contribution is 7.79. The molecule has 1 aliphatic carbocycles. The Balaban J connectivity index is 0.00000119. The van der Waals surface area contributed by atoms with Crippen LogP contribution in [0, 0.1) is 17.8 Å². The molecule has 3 rings (SSSR count). The van der Waals surface area contributed by atoms with Gasteiger partial charge in [-0.15, -0.1) is 0 Å². The van der Waals surface area contributed by atoms with E-state index in [1.807, 2.05) is 27.7 Å². The largest absolute Gasteiger partial charge is 0.416 e. The van der Waals surface area contributed by atoms with Crippen LogP contribution in [0.5, 0.6) is 0 Å². The molecule has 0 saturated heterocycles. The molecule has 1 aromatic heterocycles.